The number of morpholine rings is 1. The van der Waals surface area contributed by atoms with Gasteiger partial charge in [-0.2, -0.15) is 0 Å². The second-order valence-electron chi connectivity index (χ2n) is 9.99. The summed E-state index contributed by atoms with van der Waals surface area (Å²) in [6, 6.07) is 8.84. The molecule has 0 radical (unpaired) electrons. The highest BCUT2D eigenvalue weighted by Crippen LogP contribution is 2.29. The number of hydrogen-bond acceptors (Lipinski definition) is 5. The second-order valence-corrected chi connectivity index (χ2v) is 9.99. The number of hydrogen-bond donors (Lipinski definition) is 0. The van der Waals surface area contributed by atoms with Gasteiger partial charge in [-0.15, -0.1) is 0 Å². The normalized spacial score (nSPS) is 18.1. The maximum atomic E-state index is 14.8. The number of pyridine rings is 1. The van der Waals surface area contributed by atoms with Gasteiger partial charge >= 0.3 is 0 Å². The molecule has 2 aliphatic rings. The minimum absolute atomic E-state index is 0.134. The minimum atomic E-state index is -0.367. The molecule has 1 saturated carbocycles. The quantitative estimate of drug-likeness (QED) is 0.465. The molecule has 1 amide bonds. The van der Waals surface area contributed by atoms with Crippen molar-refractivity contribution < 1.29 is 18.7 Å². The summed E-state index contributed by atoms with van der Waals surface area (Å²) in [7, 11) is 0. The number of halogens is 1. The zero-order valence-corrected chi connectivity index (χ0v) is 21.8. The number of benzene rings is 1. The fourth-order valence-corrected chi connectivity index (χ4v) is 5.44. The topological polar surface area (TPSA) is 54.9 Å². The van der Waals surface area contributed by atoms with Crippen LogP contribution in [0.4, 0.5) is 4.39 Å². The molecule has 1 saturated heterocycles. The van der Waals surface area contributed by atoms with Crippen molar-refractivity contribution in [2.45, 2.75) is 58.4 Å². The molecule has 1 aliphatic carbocycles. The molecule has 1 aromatic heterocycles. The summed E-state index contributed by atoms with van der Waals surface area (Å²) < 4.78 is 25.9. The molecule has 36 heavy (non-hydrogen) atoms. The molecule has 1 aliphatic heterocycles. The second kappa shape index (κ2) is 13.2. The molecule has 2 heterocycles. The Morgan fingerprint density at radius 2 is 1.97 bits per heavy atom. The average Bonchev–Trinajstić information content (AvgIpc) is 2.91. The van der Waals surface area contributed by atoms with E-state index in [-0.39, 0.29) is 17.8 Å². The maximum absolute atomic E-state index is 14.8. The monoisotopic (exact) mass is 497 g/mol. The summed E-state index contributed by atoms with van der Waals surface area (Å²) in [5.74, 6) is 0.875. The highest BCUT2D eigenvalue weighted by Gasteiger charge is 2.27. The Morgan fingerprint density at radius 3 is 2.64 bits per heavy atom. The molecule has 2 aromatic rings. The van der Waals surface area contributed by atoms with Crippen LogP contribution in [0.1, 0.15) is 51.5 Å². The van der Waals surface area contributed by atoms with Crippen LogP contribution in [0.25, 0.3) is 11.3 Å². The summed E-state index contributed by atoms with van der Waals surface area (Å²) in [5.41, 5.74) is 1.82. The van der Waals surface area contributed by atoms with Crippen molar-refractivity contribution in [3.05, 3.63) is 47.9 Å². The minimum Gasteiger partial charge on any atom is -0.492 e. The van der Waals surface area contributed by atoms with Crippen LogP contribution in [0.15, 0.2) is 36.5 Å². The molecular weight excluding hydrogens is 457 g/mol. The van der Waals surface area contributed by atoms with Crippen molar-refractivity contribution in [3.8, 4) is 17.0 Å². The lowest BCUT2D eigenvalue weighted by Gasteiger charge is -2.36. The Kier molecular flexibility index (Phi) is 9.70. The van der Waals surface area contributed by atoms with Gasteiger partial charge in [-0.05, 0) is 56.4 Å². The molecule has 0 N–H and O–H groups in total. The van der Waals surface area contributed by atoms with Gasteiger partial charge < -0.3 is 14.4 Å². The van der Waals surface area contributed by atoms with E-state index in [1.807, 2.05) is 11.0 Å². The molecule has 7 heteroatoms. The van der Waals surface area contributed by atoms with Crippen LogP contribution >= 0.6 is 0 Å². The number of amides is 1. The van der Waals surface area contributed by atoms with Crippen LogP contribution in [-0.2, 0) is 16.0 Å². The van der Waals surface area contributed by atoms with Crippen molar-refractivity contribution in [3.63, 3.8) is 0 Å². The standard InChI is InChI=1S/C29H40FN3O3/c1-3-33(22(2)24-7-5-4-6-8-24)29(34)19-23-9-12-28(31-21-23)26-11-10-25(20-27(26)30)36-18-15-32-13-16-35-17-14-32/h9-12,20-22,24H,3-8,13-19H2,1-2H3/t22-/m1/s1. The van der Waals surface area contributed by atoms with Crippen molar-refractivity contribution in [2.75, 3.05) is 46.0 Å². The Balaban J connectivity index is 1.32. The first-order valence-corrected chi connectivity index (χ1v) is 13.5. The van der Waals surface area contributed by atoms with E-state index in [1.54, 1.807) is 24.4 Å². The number of likely N-dealkylation sites (N-methyl/N-ethyl adjacent to an activating group) is 1. The Labute approximate surface area is 214 Å². The zero-order valence-electron chi connectivity index (χ0n) is 21.8. The van der Waals surface area contributed by atoms with Crippen LogP contribution in [0.5, 0.6) is 5.75 Å². The van der Waals surface area contributed by atoms with Gasteiger partial charge in [-0.3, -0.25) is 14.7 Å². The van der Waals surface area contributed by atoms with Crippen LogP contribution in [0.3, 0.4) is 0 Å². The van der Waals surface area contributed by atoms with E-state index >= 15 is 0 Å². The lowest BCUT2D eigenvalue weighted by molar-refractivity contribution is -0.133. The Bertz CT molecular complexity index is 972. The molecule has 1 aromatic carbocycles. The van der Waals surface area contributed by atoms with Crippen molar-refractivity contribution in [1.82, 2.24) is 14.8 Å². The maximum Gasteiger partial charge on any atom is 0.227 e. The van der Waals surface area contributed by atoms with Crippen molar-refractivity contribution in [2.24, 2.45) is 5.92 Å². The molecular formula is C29H40FN3O3. The van der Waals surface area contributed by atoms with E-state index in [9.17, 15) is 9.18 Å². The summed E-state index contributed by atoms with van der Waals surface area (Å²) in [4.78, 5) is 21.8. The summed E-state index contributed by atoms with van der Waals surface area (Å²) in [5, 5.41) is 0. The van der Waals surface area contributed by atoms with E-state index in [4.69, 9.17) is 9.47 Å². The fraction of sp³-hybridized carbons (Fsp3) is 0.586. The molecule has 0 bridgehead atoms. The number of carbonyl (C=O) groups is 1. The first-order chi connectivity index (χ1) is 17.5. The summed E-state index contributed by atoms with van der Waals surface area (Å²) in [6.07, 6.45) is 8.28. The third-order valence-electron chi connectivity index (χ3n) is 7.66. The van der Waals surface area contributed by atoms with Crippen LogP contribution < -0.4 is 4.74 Å². The summed E-state index contributed by atoms with van der Waals surface area (Å²) in [6.45, 7) is 9.57. The van der Waals surface area contributed by atoms with Gasteiger partial charge in [0.1, 0.15) is 18.2 Å². The van der Waals surface area contributed by atoms with E-state index < -0.39 is 0 Å². The van der Waals surface area contributed by atoms with Crippen LogP contribution in [0.2, 0.25) is 0 Å². The number of nitrogens with zero attached hydrogens (tertiary/aromatic N) is 3. The SMILES string of the molecule is CCN(C(=O)Cc1ccc(-c2ccc(OCCN3CCOCC3)cc2F)nc1)[C@H](C)C1CCCCC1. The predicted molar refractivity (Wildman–Crippen MR) is 140 cm³/mol. The average molecular weight is 498 g/mol. The van der Waals surface area contributed by atoms with E-state index in [0.29, 0.717) is 42.5 Å². The summed E-state index contributed by atoms with van der Waals surface area (Å²) >= 11 is 0. The van der Waals surface area contributed by atoms with E-state index in [0.717, 1.165) is 38.4 Å². The molecule has 1 atom stereocenters. The Hall–Kier alpha value is -2.51. The lowest BCUT2D eigenvalue weighted by atomic mass is 9.84. The smallest absolute Gasteiger partial charge is 0.227 e. The van der Waals surface area contributed by atoms with Gasteiger partial charge in [0.15, 0.2) is 0 Å². The van der Waals surface area contributed by atoms with Gasteiger partial charge in [0.25, 0.3) is 0 Å². The van der Waals surface area contributed by atoms with Gasteiger partial charge in [-0.1, -0.05) is 25.3 Å². The van der Waals surface area contributed by atoms with Crippen LogP contribution in [0, 0.1) is 11.7 Å². The zero-order chi connectivity index (χ0) is 25.3. The molecule has 0 unspecified atom stereocenters. The van der Waals surface area contributed by atoms with E-state index in [1.165, 1.54) is 38.2 Å². The number of aromatic nitrogens is 1. The van der Waals surface area contributed by atoms with Gasteiger partial charge in [0.05, 0.1) is 25.3 Å². The van der Waals surface area contributed by atoms with Crippen molar-refractivity contribution in [1.29, 1.82) is 0 Å². The molecule has 2 fully saturated rings. The highest BCUT2D eigenvalue weighted by molar-refractivity contribution is 5.79. The first kappa shape index (κ1) is 26.6. The highest BCUT2D eigenvalue weighted by atomic mass is 19.1. The van der Waals surface area contributed by atoms with Crippen molar-refractivity contribution >= 4 is 5.91 Å². The number of carbonyl (C=O) groups excluding carboxylic acids is 1. The number of ether oxygens (including phenoxy) is 2. The van der Waals surface area contributed by atoms with Gasteiger partial charge in [-0.25, -0.2) is 4.39 Å². The first-order valence-electron chi connectivity index (χ1n) is 13.5. The third kappa shape index (κ3) is 7.04. The largest absolute Gasteiger partial charge is 0.492 e. The lowest BCUT2D eigenvalue weighted by Crippen LogP contribution is -2.44. The van der Waals surface area contributed by atoms with Crippen LogP contribution in [-0.4, -0.2) is 72.7 Å². The fourth-order valence-electron chi connectivity index (χ4n) is 5.44. The van der Waals surface area contributed by atoms with Gasteiger partial charge in [0, 0.05) is 50.0 Å². The molecule has 196 valence electrons. The Morgan fingerprint density at radius 1 is 1.19 bits per heavy atom. The molecule has 6 nitrogen and oxygen atoms in total. The number of rotatable bonds is 10. The van der Waals surface area contributed by atoms with E-state index in [2.05, 4.69) is 23.7 Å². The third-order valence-corrected chi connectivity index (χ3v) is 7.66. The molecule has 0 spiro atoms. The molecule has 4 rings (SSSR count). The predicted octanol–water partition coefficient (Wildman–Crippen LogP) is 4.96. The van der Waals surface area contributed by atoms with Gasteiger partial charge in [0.2, 0.25) is 5.91 Å².